The van der Waals surface area contributed by atoms with E-state index in [4.69, 9.17) is 5.11 Å². The molecule has 0 radical (unpaired) electrons. The third-order valence-corrected chi connectivity index (χ3v) is 3.58. The summed E-state index contributed by atoms with van der Waals surface area (Å²) in [6, 6.07) is -0.746. The summed E-state index contributed by atoms with van der Waals surface area (Å²) in [7, 11) is 0. The molecule has 3 N–H and O–H groups in total. The topological polar surface area (TPSA) is 78.4 Å². The Hall–Kier alpha value is -0.750. The van der Waals surface area contributed by atoms with E-state index in [0.717, 1.165) is 31.7 Å². The first-order chi connectivity index (χ1) is 8.15. The highest BCUT2D eigenvalue weighted by atomic mass is 32.2. The fourth-order valence-electron chi connectivity index (χ4n) is 1.87. The van der Waals surface area contributed by atoms with Crippen molar-refractivity contribution in [3.05, 3.63) is 0 Å². The number of hydrogen-bond acceptors (Lipinski definition) is 4. The smallest absolute Gasteiger partial charge is 0.326 e. The second kappa shape index (κ2) is 7.55. The summed E-state index contributed by atoms with van der Waals surface area (Å²) in [5, 5.41) is 14.8. The average molecular weight is 260 g/mol. The fourth-order valence-corrected chi connectivity index (χ4v) is 2.34. The minimum atomic E-state index is -0.943. The Morgan fingerprint density at radius 1 is 1.47 bits per heavy atom. The lowest BCUT2D eigenvalue weighted by molar-refractivity contribution is -0.142. The summed E-state index contributed by atoms with van der Waals surface area (Å²) in [4.78, 5) is 22.9. The molecule has 1 heterocycles. The molecule has 6 heteroatoms. The molecular weight excluding hydrogens is 240 g/mol. The van der Waals surface area contributed by atoms with Crippen LogP contribution >= 0.6 is 11.8 Å². The molecule has 0 unspecified atom stereocenters. The molecule has 1 rings (SSSR count). The zero-order valence-electron chi connectivity index (χ0n) is 10.1. The molecule has 0 aromatic heterocycles. The molecule has 1 atom stereocenters. The van der Waals surface area contributed by atoms with E-state index in [2.05, 4.69) is 10.6 Å². The highest BCUT2D eigenvalue weighted by Gasteiger charge is 2.25. The molecule has 1 amide bonds. The number of carboxylic acid groups (broad SMARTS) is 1. The Morgan fingerprint density at radius 2 is 2.12 bits per heavy atom. The molecule has 0 aromatic rings. The van der Waals surface area contributed by atoms with Crippen LogP contribution in [-0.4, -0.2) is 48.1 Å². The van der Waals surface area contributed by atoms with Crippen molar-refractivity contribution in [2.75, 3.05) is 25.1 Å². The predicted molar refractivity (Wildman–Crippen MR) is 68.2 cm³/mol. The molecule has 1 saturated heterocycles. The SMILES string of the molecule is CSCC[C@H](NC(=O)C1CCNCC1)C(=O)O. The maximum absolute atomic E-state index is 11.9. The number of thioether (sulfide) groups is 1. The zero-order valence-corrected chi connectivity index (χ0v) is 10.9. The second-order valence-electron chi connectivity index (χ2n) is 4.21. The summed E-state index contributed by atoms with van der Waals surface area (Å²) >= 11 is 1.59. The minimum absolute atomic E-state index is 0.0348. The van der Waals surface area contributed by atoms with E-state index in [9.17, 15) is 9.59 Å². The molecule has 0 aromatic carbocycles. The van der Waals surface area contributed by atoms with Gasteiger partial charge < -0.3 is 15.7 Å². The van der Waals surface area contributed by atoms with Gasteiger partial charge in [-0.1, -0.05) is 0 Å². The molecule has 0 aliphatic carbocycles. The van der Waals surface area contributed by atoms with Gasteiger partial charge in [-0.15, -0.1) is 0 Å². The van der Waals surface area contributed by atoms with Crippen molar-refractivity contribution in [1.82, 2.24) is 10.6 Å². The van der Waals surface area contributed by atoms with Crippen LogP contribution in [0.4, 0.5) is 0 Å². The first-order valence-electron chi connectivity index (χ1n) is 5.88. The number of nitrogens with one attached hydrogen (secondary N) is 2. The van der Waals surface area contributed by atoms with Crippen molar-refractivity contribution in [2.45, 2.75) is 25.3 Å². The highest BCUT2D eigenvalue weighted by molar-refractivity contribution is 7.98. The number of rotatable bonds is 6. The quantitative estimate of drug-likeness (QED) is 0.640. The lowest BCUT2D eigenvalue weighted by Crippen LogP contribution is -2.46. The van der Waals surface area contributed by atoms with Crippen LogP contribution in [0.1, 0.15) is 19.3 Å². The van der Waals surface area contributed by atoms with Crippen LogP contribution in [0.15, 0.2) is 0 Å². The Kier molecular flexibility index (Phi) is 6.36. The number of aliphatic carboxylic acids is 1. The summed E-state index contributed by atoms with van der Waals surface area (Å²) in [5.74, 6) is -0.350. The number of hydrogen-bond donors (Lipinski definition) is 3. The van der Waals surface area contributed by atoms with Gasteiger partial charge in [-0.05, 0) is 44.4 Å². The van der Waals surface area contributed by atoms with Gasteiger partial charge in [0.2, 0.25) is 5.91 Å². The normalized spacial score (nSPS) is 18.6. The largest absolute Gasteiger partial charge is 0.480 e. The molecular formula is C11H20N2O3S. The molecule has 0 spiro atoms. The second-order valence-corrected chi connectivity index (χ2v) is 5.19. The van der Waals surface area contributed by atoms with Crippen molar-refractivity contribution < 1.29 is 14.7 Å². The van der Waals surface area contributed by atoms with Crippen LogP contribution in [-0.2, 0) is 9.59 Å². The summed E-state index contributed by atoms with van der Waals surface area (Å²) < 4.78 is 0. The van der Waals surface area contributed by atoms with E-state index in [1.54, 1.807) is 11.8 Å². The van der Waals surface area contributed by atoms with Gasteiger partial charge in [-0.2, -0.15) is 11.8 Å². The van der Waals surface area contributed by atoms with Crippen molar-refractivity contribution in [2.24, 2.45) is 5.92 Å². The van der Waals surface area contributed by atoms with Gasteiger partial charge in [0, 0.05) is 5.92 Å². The monoisotopic (exact) mass is 260 g/mol. The maximum atomic E-state index is 11.9. The van der Waals surface area contributed by atoms with Crippen LogP contribution in [0.5, 0.6) is 0 Å². The first kappa shape index (κ1) is 14.3. The van der Waals surface area contributed by atoms with E-state index in [-0.39, 0.29) is 11.8 Å². The summed E-state index contributed by atoms with van der Waals surface area (Å²) in [6.45, 7) is 1.67. The standard InChI is InChI=1S/C11H20N2O3S/c1-17-7-4-9(11(15)16)13-10(14)8-2-5-12-6-3-8/h8-9,12H,2-7H2,1H3,(H,13,14)(H,15,16)/t9-/m0/s1. The van der Waals surface area contributed by atoms with Gasteiger partial charge in [-0.3, -0.25) is 4.79 Å². The average Bonchev–Trinajstić information content (AvgIpc) is 2.35. The van der Waals surface area contributed by atoms with Crippen LogP contribution in [0.2, 0.25) is 0 Å². The van der Waals surface area contributed by atoms with Crippen molar-refractivity contribution in [3.8, 4) is 0 Å². The van der Waals surface area contributed by atoms with Crippen LogP contribution in [0.3, 0.4) is 0 Å². The van der Waals surface area contributed by atoms with Crippen LogP contribution < -0.4 is 10.6 Å². The Balaban J connectivity index is 2.42. The van der Waals surface area contributed by atoms with E-state index >= 15 is 0 Å². The van der Waals surface area contributed by atoms with Crippen molar-refractivity contribution >= 4 is 23.6 Å². The molecule has 98 valence electrons. The summed E-state index contributed by atoms with van der Waals surface area (Å²) in [5.41, 5.74) is 0. The van der Waals surface area contributed by atoms with Gasteiger partial charge in [0.05, 0.1) is 0 Å². The first-order valence-corrected chi connectivity index (χ1v) is 7.27. The maximum Gasteiger partial charge on any atom is 0.326 e. The number of carbonyl (C=O) groups excluding carboxylic acids is 1. The molecule has 0 saturated carbocycles. The van der Waals surface area contributed by atoms with E-state index in [1.807, 2.05) is 6.26 Å². The Bertz CT molecular complexity index is 267. The minimum Gasteiger partial charge on any atom is -0.480 e. The molecule has 5 nitrogen and oxygen atoms in total. The molecule has 1 aliphatic rings. The van der Waals surface area contributed by atoms with Crippen molar-refractivity contribution in [3.63, 3.8) is 0 Å². The van der Waals surface area contributed by atoms with Crippen LogP contribution in [0.25, 0.3) is 0 Å². The summed E-state index contributed by atoms with van der Waals surface area (Å²) in [6.07, 6.45) is 3.99. The number of piperidine rings is 1. The fraction of sp³-hybridized carbons (Fsp3) is 0.818. The van der Waals surface area contributed by atoms with Gasteiger partial charge in [0.15, 0.2) is 0 Å². The Morgan fingerprint density at radius 3 is 2.65 bits per heavy atom. The van der Waals surface area contributed by atoms with Crippen LogP contribution in [0, 0.1) is 5.92 Å². The van der Waals surface area contributed by atoms with Gasteiger partial charge in [0.1, 0.15) is 6.04 Å². The van der Waals surface area contributed by atoms with E-state index in [1.165, 1.54) is 0 Å². The Labute approximate surface area is 106 Å². The predicted octanol–water partition coefficient (Wildman–Crippen LogP) is 0.309. The molecule has 1 fully saturated rings. The highest BCUT2D eigenvalue weighted by Crippen LogP contribution is 2.12. The molecule has 17 heavy (non-hydrogen) atoms. The molecule has 0 bridgehead atoms. The van der Waals surface area contributed by atoms with Gasteiger partial charge >= 0.3 is 5.97 Å². The zero-order chi connectivity index (χ0) is 12.7. The van der Waals surface area contributed by atoms with E-state index in [0.29, 0.717) is 6.42 Å². The molecule has 1 aliphatic heterocycles. The van der Waals surface area contributed by atoms with Gasteiger partial charge in [0.25, 0.3) is 0 Å². The number of carbonyl (C=O) groups is 2. The third-order valence-electron chi connectivity index (χ3n) is 2.94. The lowest BCUT2D eigenvalue weighted by Gasteiger charge is -2.23. The van der Waals surface area contributed by atoms with Crippen molar-refractivity contribution in [1.29, 1.82) is 0 Å². The van der Waals surface area contributed by atoms with E-state index < -0.39 is 12.0 Å². The lowest BCUT2D eigenvalue weighted by atomic mass is 9.97. The third kappa shape index (κ3) is 4.95. The van der Waals surface area contributed by atoms with Gasteiger partial charge in [-0.25, -0.2) is 4.79 Å². The number of carboxylic acids is 1. The number of amides is 1.